The van der Waals surface area contributed by atoms with Crippen molar-refractivity contribution in [2.45, 2.75) is 24.9 Å². The van der Waals surface area contributed by atoms with Gasteiger partial charge in [0.1, 0.15) is 5.75 Å². The van der Waals surface area contributed by atoms with Crippen LogP contribution in [0.25, 0.3) is 0 Å². The third-order valence-corrected chi connectivity index (χ3v) is 3.82. The first-order valence-electron chi connectivity index (χ1n) is 6.10. The van der Waals surface area contributed by atoms with E-state index in [1.54, 1.807) is 12.1 Å². The molecule has 2 heterocycles. The van der Waals surface area contributed by atoms with Gasteiger partial charge in [0.2, 0.25) is 0 Å². The molecule has 1 unspecified atom stereocenters. The lowest BCUT2D eigenvalue weighted by Gasteiger charge is -2.38. The van der Waals surface area contributed by atoms with Crippen LogP contribution >= 0.6 is 0 Å². The van der Waals surface area contributed by atoms with E-state index in [4.69, 9.17) is 0 Å². The second-order valence-corrected chi connectivity index (χ2v) is 4.80. The summed E-state index contributed by atoms with van der Waals surface area (Å²) in [4.78, 5) is 2.61. The highest BCUT2D eigenvalue weighted by molar-refractivity contribution is 5.29. The normalized spacial score (nSPS) is 30.2. The largest absolute Gasteiger partial charge is 0.508 e. The molecule has 3 rings (SSSR count). The van der Waals surface area contributed by atoms with Crippen molar-refractivity contribution in [2.75, 3.05) is 19.6 Å². The molecule has 0 spiro atoms. The SMILES string of the molecule is Oc1ccc(C2CNC[C@@H]3CCCN23)cc1. The smallest absolute Gasteiger partial charge is 0.115 e. The first-order valence-corrected chi connectivity index (χ1v) is 6.10. The number of rotatable bonds is 1. The zero-order valence-corrected chi connectivity index (χ0v) is 9.39. The lowest BCUT2D eigenvalue weighted by Crippen LogP contribution is -2.49. The van der Waals surface area contributed by atoms with Gasteiger partial charge in [-0.25, -0.2) is 0 Å². The van der Waals surface area contributed by atoms with E-state index in [2.05, 4.69) is 10.2 Å². The Morgan fingerprint density at radius 2 is 2.00 bits per heavy atom. The molecule has 2 aliphatic rings. The summed E-state index contributed by atoms with van der Waals surface area (Å²) >= 11 is 0. The summed E-state index contributed by atoms with van der Waals surface area (Å²) in [6.07, 6.45) is 2.64. The van der Waals surface area contributed by atoms with E-state index in [1.165, 1.54) is 24.9 Å². The lowest BCUT2D eigenvalue weighted by atomic mass is 10.0. The summed E-state index contributed by atoms with van der Waals surface area (Å²) in [6.45, 7) is 3.38. The summed E-state index contributed by atoms with van der Waals surface area (Å²) in [5.74, 6) is 0.352. The van der Waals surface area contributed by atoms with Crippen molar-refractivity contribution < 1.29 is 5.11 Å². The molecule has 0 bridgehead atoms. The second kappa shape index (κ2) is 4.07. The maximum Gasteiger partial charge on any atom is 0.115 e. The van der Waals surface area contributed by atoms with Crippen LogP contribution in [0.1, 0.15) is 24.4 Å². The molecule has 1 aromatic rings. The number of phenols is 1. The molecule has 2 N–H and O–H groups in total. The number of hydrogen-bond donors (Lipinski definition) is 2. The third-order valence-electron chi connectivity index (χ3n) is 3.82. The van der Waals surface area contributed by atoms with Gasteiger partial charge in [-0.05, 0) is 37.1 Å². The summed E-state index contributed by atoms with van der Waals surface area (Å²) in [5.41, 5.74) is 1.32. The summed E-state index contributed by atoms with van der Waals surface area (Å²) in [7, 11) is 0. The van der Waals surface area contributed by atoms with Crippen LogP contribution in [0.15, 0.2) is 24.3 Å². The molecule has 1 aromatic carbocycles. The van der Waals surface area contributed by atoms with Crippen molar-refractivity contribution in [3.8, 4) is 5.75 Å². The zero-order valence-electron chi connectivity index (χ0n) is 9.39. The lowest BCUT2D eigenvalue weighted by molar-refractivity contribution is 0.138. The van der Waals surface area contributed by atoms with Gasteiger partial charge in [0, 0.05) is 25.2 Å². The fourth-order valence-corrected chi connectivity index (χ4v) is 3.00. The molecule has 16 heavy (non-hydrogen) atoms. The molecule has 0 radical (unpaired) electrons. The highest BCUT2D eigenvalue weighted by Crippen LogP contribution is 2.31. The molecule has 2 atom stereocenters. The van der Waals surface area contributed by atoms with Gasteiger partial charge < -0.3 is 10.4 Å². The molecule has 3 heteroatoms. The van der Waals surface area contributed by atoms with Crippen molar-refractivity contribution in [3.05, 3.63) is 29.8 Å². The Balaban J connectivity index is 1.85. The summed E-state index contributed by atoms with van der Waals surface area (Å²) in [6, 6.07) is 8.86. The first kappa shape index (κ1) is 10.1. The van der Waals surface area contributed by atoms with E-state index in [-0.39, 0.29) is 0 Å². The van der Waals surface area contributed by atoms with Crippen molar-refractivity contribution in [1.82, 2.24) is 10.2 Å². The highest BCUT2D eigenvalue weighted by atomic mass is 16.3. The predicted molar refractivity (Wildman–Crippen MR) is 63.4 cm³/mol. The van der Waals surface area contributed by atoms with Gasteiger partial charge in [-0.15, -0.1) is 0 Å². The minimum Gasteiger partial charge on any atom is -0.508 e. The maximum atomic E-state index is 9.31. The van der Waals surface area contributed by atoms with Crippen LogP contribution in [0, 0.1) is 0 Å². The molecule has 2 saturated heterocycles. The minimum atomic E-state index is 0.352. The molecule has 3 nitrogen and oxygen atoms in total. The third kappa shape index (κ3) is 1.70. The molecule has 86 valence electrons. The number of fused-ring (bicyclic) bond motifs is 1. The number of nitrogens with zero attached hydrogens (tertiary/aromatic N) is 1. The predicted octanol–water partition coefficient (Wildman–Crippen LogP) is 1.50. The van der Waals surface area contributed by atoms with Crippen molar-refractivity contribution in [1.29, 1.82) is 0 Å². The number of piperazine rings is 1. The molecule has 2 aliphatic heterocycles. The maximum absolute atomic E-state index is 9.31. The molecular formula is C13H18N2O. The van der Waals surface area contributed by atoms with Crippen LogP contribution in [0.5, 0.6) is 5.75 Å². The number of aromatic hydroxyl groups is 1. The van der Waals surface area contributed by atoms with Gasteiger partial charge in [-0.1, -0.05) is 12.1 Å². The summed E-state index contributed by atoms with van der Waals surface area (Å²) < 4.78 is 0. The Morgan fingerprint density at radius 1 is 1.19 bits per heavy atom. The fraction of sp³-hybridized carbons (Fsp3) is 0.538. The fourth-order valence-electron chi connectivity index (χ4n) is 3.00. The van der Waals surface area contributed by atoms with E-state index in [0.717, 1.165) is 13.1 Å². The van der Waals surface area contributed by atoms with E-state index in [1.807, 2.05) is 12.1 Å². The number of phenolic OH excluding ortho intramolecular Hbond substituents is 1. The Kier molecular flexibility index (Phi) is 2.58. The van der Waals surface area contributed by atoms with Crippen LogP contribution < -0.4 is 5.32 Å². The standard InChI is InChI=1S/C13H18N2O/c16-12-5-3-10(4-6-12)13-9-14-8-11-2-1-7-15(11)13/h3-6,11,13-14,16H,1-2,7-9H2/t11-,13?/m0/s1. The number of hydrogen-bond acceptors (Lipinski definition) is 3. The minimum absolute atomic E-state index is 0.352. The van der Waals surface area contributed by atoms with E-state index in [9.17, 15) is 5.11 Å². The monoisotopic (exact) mass is 218 g/mol. The van der Waals surface area contributed by atoms with Crippen molar-refractivity contribution in [2.24, 2.45) is 0 Å². The highest BCUT2D eigenvalue weighted by Gasteiger charge is 2.34. The van der Waals surface area contributed by atoms with Crippen LogP contribution in [0.3, 0.4) is 0 Å². The molecule has 0 aromatic heterocycles. The average molecular weight is 218 g/mol. The molecule has 2 fully saturated rings. The van der Waals surface area contributed by atoms with Crippen LogP contribution in [0.2, 0.25) is 0 Å². The van der Waals surface area contributed by atoms with Gasteiger partial charge in [-0.3, -0.25) is 4.90 Å². The zero-order chi connectivity index (χ0) is 11.0. The molecule has 0 saturated carbocycles. The van der Waals surface area contributed by atoms with Gasteiger partial charge in [0.25, 0.3) is 0 Å². The average Bonchev–Trinajstić information content (AvgIpc) is 2.78. The first-order chi connectivity index (χ1) is 7.84. The Morgan fingerprint density at radius 3 is 2.81 bits per heavy atom. The quantitative estimate of drug-likeness (QED) is 0.750. The van der Waals surface area contributed by atoms with E-state index >= 15 is 0 Å². The number of benzene rings is 1. The second-order valence-electron chi connectivity index (χ2n) is 4.80. The van der Waals surface area contributed by atoms with Gasteiger partial charge in [0.15, 0.2) is 0 Å². The van der Waals surface area contributed by atoms with Crippen LogP contribution in [-0.4, -0.2) is 35.7 Å². The van der Waals surface area contributed by atoms with E-state index in [0.29, 0.717) is 17.8 Å². The Bertz CT molecular complexity index is 363. The van der Waals surface area contributed by atoms with Gasteiger partial charge >= 0.3 is 0 Å². The van der Waals surface area contributed by atoms with Gasteiger partial charge in [0.05, 0.1) is 0 Å². The van der Waals surface area contributed by atoms with Crippen LogP contribution in [-0.2, 0) is 0 Å². The van der Waals surface area contributed by atoms with Gasteiger partial charge in [-0.2, -0.15) is 0 Å². The Labute approximate surface area is 96.1 Å². The molecular weight excluding hydrogens is 200 g/mol. The van der Waals surface area contributed by atoms with Crippen molar-refractivity contribution >= 4 is 0 Å². The molecule has 0 aliphatic carbocycles. The van der Waals surface area contributed by atoms with Crippen LogP contribution in [0.4, 0.5) is 0 Å². The molecule has 0 amide bonds. The van der Waals surface area contributed by atoms with Crippen molar-refractivity contribution in [3.63, 3.8) is 0 Å². The topological polar surface area (TPSA) is 35.5 Å². The van der Waals surface area contributed by atoms with E-state index < -0.39 is 0 Å². The Hall–Kier alpha value is -1.06. The number of nitrogens with one attached hydrogen (secondary N) is 1. The summed E-state index contributed by atoms with van der Waals surface area (Å²) in [5, 5.41) is 12.8.